The molecule has 3 heteroatoms. The molecule has 1 fully saturated rings. The second-order valence-electron chi connectivity index (χ2n) is 9.19. The maximum absolute atomic E-state index is 12.9. The van der Waals surface area contributed by atoms with E-state index >= 15 is 0 Å². The van der Waals surface area contributed by atoms with Gasteiger partial charge in [-0.15, -0.1) is 0 Å². The molecule has 1 saturated heterocycles. The van der Waals surface area contributed by atoms with Gasteiger partial charge in [0.1, 0.15) is 0 Å². The second-order valence-corrected chi connectivity index (χ2v) is 9.19. The summed E-state index contributed by atoms with van der Waals surface area (Å²) in [6.45, 7) is 10.1. The lowest BCUT2D eigenvalue weighted by molar-refractivity contribution is -0.133. The molecule has 1 amide bonds. The molecule has 0 aliphatic carbocycles. The number of rotatable bonds is 8. The van der Waals surface area contributed by atoms with Crippen LogP contribution in [-0.4, -0.2) is 29.6 Å². The first-order chi connectivity index (χ1) is 14.4. The molecule has 0 saturated carbocycles. The third-order valence-corrected chi connectivity index (χ3v) is 6.59. The van der Waals surface area contributed by atoms with Crippen molar-refractivity contribution in [3.8, 4) is 0 Å². The Labute approximate surface area is 182 Å². The van der Waals surface area contributed by atoms with E-state index in [2.05, 4.69) is 80.3 Å². The van der Waals surface area contributed by atoms with Crippen molar-refractivity contribution in [3.63, 3.8) is 0 Å². The van der Waals surface area contributed by atoms with E-state index < -0.39 is 0 Å². The summed E-state index contributed by atoms with van der Waals surface area (Å²) in [4.78, 5) is 14.9. The van der Waals surface area contributed by atoms with E-state index in [0.29, 0.717) is 18.3 Å². The standard InChI is InChI=1S/C27H37NO2/c1-5-26(29)28(21(2)22-12-8-6-9-13-22)18-16-25(23-14-10-7-11-15-23)24-17-19-30-27(3,4)20-24/h6-15,21,24-25H,5,16-20H2,1-4H3/t21-,24+,25-/m1/s1. The van der Waals surface area contributed by atoms with Crippen LogP contribution in [-0.2, 0) is 9.53 Å². The van der Waals surface area contributed by atoms with E-state index in [1.54, 1.807) is 0 Å². The molecule has 2 aromatic rings. The van der Waals surface area contributed by atoms with Crippen molar-refractivity contribution < 1.29 is 9.53 Å². The maximum atomic E-state index is 12.9. The third kappa shape index (κ3) is 5.72. The quantitative estimate of drug-likeness (QED) is 0.509. The Morgan fingerprint density at radius 1 is 1.07 bits per heavy atom. The lowest BCUT2D eigenvalue weighted by atomic mass is 9.75. The highest BCUT2D eigenvalue weighted by molar-refractivity contribution is 5.76. The fourth-order valence-electron chi connectivity index (χ4n) is 4.92. The number of hydrogen-bond donors (Lipinski definition) is 0. The number of benzene rings is 2. The zero-order valence-electron chi connectivity index (χ0n) is 19.0. The van der Waals surface area contributed by atoms with Gasteiger partial charge in [-0.1, -0.05) is 67.6 Å². The molecule has 1 heterocycles. The van der Waals surface area contributed by atoms with Gasteiger partial charge in [0.25, 0.3) is 0 Å². The van der Waals surface area contributed by atoms with E-state index in [1.165, 1.54) is 11.1 Å². The van der Waals surface area contributed by atoms with Gasteiger partial charge < -0.3 is 9.64 Å². The van der Waals surface area contributed by atoms with Crippen LogP contribution < -0.4 is 0 Å². The first-order valence-corrected chi connectivity index (χ1v) is 11.4. The zero-order valence-corrected chi connectivity index (χ0v) is 19.0. The van der Waals surface area contributed by atoms with Crippen molar-refractivity contribution in [2.24, 2.45) is 5.92 Å². The van der Waals surface area contributed by atoms with Gasteiger partial charge in [-0.2, -0.15) is 0 Å². The molecule has 162 valence electrons. The molecule has 2 aromatic carbocycles. The second kappa shape index (κ2) is 10.3. The minimum atomic E-state index is -0.0772. The van der Waals surface area contributed by atoms with Gasteiger partial charge in [0.15, 0.2) is 0 Å². The van der Waals surface area contributed by atoms with Crippen molar-refractivity contribution in [2.75, 3.05) is 13.2 Å². The molecule has 3 nitrogen and oxygen atoms in total. The number of ether oxygens (including phenoxy) is 1. The van der Waals surface area contributed by atoms with Gasteiger partial charge in [-0.05, 0) is 63.0 Å². The summed E-state index contributed by atoms with van der Waals surface area (Å²) in [6, 6.07) is 21.3. The molecule has 1 aliphatic rings. The van der Waals surface area contributed by atoms with Gasteiger partial charge >= 0.3 is 0 Å². The van der Waals surface area contributed by atoms with Crippen LogP contribution in [0.4, 0.5) is 0 Å². The van der Waals surface area contributed by atoms with E-state index in [1.807, 2.05) is 13.0 Å². The number of hydrogen-bond acceptors (Lipinski definition) is 2. The third-order valence-electron chi connectivity index (χ3n) is 6.59. The summed E-state index contributed by atoms with van der Waals surface area (Å²) in [7, 11) is 0. The van der Waals surface area contributed by atoms with Crippen LogP contribution in [0.5, 0.6) is 0 Å². The van der Waals surface area contributed by atoms with Gasteiger partial charge in [0.05, 0.1) is 11.6 Å². The number of nitrogens with zero attached hydrogens (tertiary/aromatic N) is 1. The first kappa shape index (κ1) is 22.6. The van der Waals surface area contributed by atoms with Crippen LogP contribution in [0, 0.1) is 5.92 Å². The molecule has 3 rings (SSSR count). The van der Waals surface area contributed by atoms with Crippen LogP contribution in [0.25, 0.3) is 0 Å². The van der Waals surface area contributed by atoms with Crippen LogP contribution in [0.3, 0.4) is 0 Å². The molecule has 1 aliphatic heterocycles. The lowest BCUT2D eigenvalue weighted by Crippen LogP contribution is -2.38. The molecular formula is C27H37NO2. The number of amides is 1. The van der Waals surface area contributed by atoms with Gasteiger partial charge in [-0.3, -0.25) is 4.79 Å². The highest BCUT2D eigenvalue weighted by Crippen LogP contribution is 2.40. The Morgan fingerprint density at radius 3 is 2.23 bits per heavy atom. The summed E-state index contributed by atoms with van der Waals surface area (Å²) >= 11 is 0. The Kier molecular flexibility index (Phi) is 7.71. The highest BCUT2D eigenvalue weighted by atomic mass is 16.5. The predicted molar refractivity (Wildman–Crippen MR) is 123 cm³/mol. The molecule has 0 spiro atoms. The Hall–Kier alpha value is -2.13. The molecule has 30 heavy (non-hydrogen) atoms. The molecule has 0 radical (unpaired) electrons. The summed E-state index contributed by atoms with van der Waals surface area (Å²) in [5.41, 5.74) is 2.51. The molecule has 0 N–H and O–H groups in total. The Morgan fingerprint density at radius 2 is 1.67 bits per heavy atom. The van der Waals surface area contributed by atoms with Crippen molar-refractivity contribution in [1.29, 1.82) is 0 Å². The van der Waals surface area contributed by atoms with Crippen molar-refractivity contribution in [1.82, 2.24) is 4.90 Å². The van der Waals surface area contributed by atoms with E-state index in [-0.39, 0.29) is 17.6 Å². The van der Waals surface area contributed by atoms with E-state index in [4.69, 9.17) is 4.74 Å². The average Bonchev–Trinajstić information content (AvgIpc) is 2.76. The molecular weight excluding hydrogens is 370 g/mol. The lowest BCUT2D eigenvalue weighted by Gasteiger charge is -2.40. The highest BCUT2D eigenvalue weighted by Gasteiger charge is 2.34. The summed E-state index contributed by atoms with van der Waals surface area (Å²) in [6.07, 6.45) is 3.66. The number of carbonyl (C=O) groups is 1. The largest absolute Gasteiger partial charge is 0.376 e. The number of carbonyl (C=O) groups excluding carboxylic acids is 1. The van der Waals surface area contributed by atoms with Crippen LogP contribution in [0.2, 0.25) is 0 Å². The summed E-state index contributed by atoms with van der Waals surface area (Å²) in [5, 5.41) is 0. The minimum absolute atomic E-state index is 0.0772. The van der Waals surface area contributed by atoms with Crippen molar-refractivity contribution in [2.45, 2.75) is 70.9 Å². The minimum Gasteiger partial charge on any atom is -0.376 e. The summed E-state index contributed by atoms with van der Waals surface area (Å²) in [5.74, 6) is 1.23. The SMILES string of the molecule is CCC(=O)N(CC[C@H](c1ccccc1)[C@H]1CCOC(C)(C)C1)[C@H](C)c1ccccc1. The van der Waals surface area contributed by atoms with Crippen molar-refractivity contribution in [3.05, 3.63) is 71.8 Å². The monoisotopic (exact) mass is 407 g/mol. The van der Waals surface area contributed by atoms with Gasteiger partial charge in [0.2, 0.25) is 5.91 Å². The fraction of sp³-hybridized carbons (Fsp3) is 0.519. The normalized spacial score (nSPS) is 20.3. The van der Waals surface area contributed by atoms with Crippen LogP contribution in [0.1, 0.15) is 76.5 Å². The Bertz CT molecular complexity index is 787. The van der Waals surface area contributed by atoms with Gasteiger partial charge in [-0.25, -0.2) is 0 Å². The topological polar surface area (TPSA) is 29.5 Å². The molecule has 0 unspecified atom stereocenters. The molecule has 0 aromatic heterocycles. The fourth-order valence-corrected chi connectivity index (χ4v) is 4.92. The van der Waals surface area contributed by atoms with Gasteiger partial charge in [0, 0.05) is 19.6 Å². The van der Waals surface area contributed by atoms with Crippen LogP contribution in [0.15, 0.2) is 60.7 Å². The predicted octanol–water partition coefficient (Wildman–Crippen LogP) is 6.37. The first-order valence-electron chi connectivity index (χ1n) is 11.4. The zero-order chi connectivity index (χ0) is 21.6. The smallest absolute Gasteiger partial charge is 0.222 e. The molecule has 3 atom stereocenters. The molecule has 0 bridgehead atoms. The van der Waals surface area contributed by atoms with E-state index in [0.717, 1.165) is 32.4 Å². The maximum Gasteiger partial charge on any atom is 0.222 e. The van der Waals surface area contributed by atoms with E-state index in [9.17, 15) is 4.79 Å². The Balaban J connectivity index is 1.81. The summed E-state index contributed by atoms with van der Waals surface area (Å²) < 4.78 is 5.99. The van der Waals surface area contributed by atoms with Crippen LogP contribution >= 0.6 is 0 Å². The average molecular weight is 408 g/mol. The van der Waals surface area contributed by atoms with Crippen molar-refractivity contribution >= 4 is 5.91 Å².